The van der Waals surface area contributed by atoms with E-state index in [0.717, 1.165) is 5.57 Å². The number of allylic oxidation sites excluding steroid dienone is 2. The van der Waals surface area contributed by atoms with Gasteiger partial charge in [0.25, 0.3) is 0 Å². The first-order valence-electron chi connectivity index (χ1n) is 2.74. The summed E-state index contributed by atoms with van der Waals surface area (Å²) in [5.41, 5.74) is 0.965. The van der Waals surface area contributed by atoms with E-state index in [9.17, 15) is 0 Å². The second-order valence-corrected chi connectivity index (χ2v) is 1.52. The van der Waals surface area contributed by atoms with Crippen LogP contribution in [0.1, 0.15) is 13.8 Å². The molecule has 0 aliphatic carbocycles. The quantitative estimate of drug-likeness (QED) is 0.537. The molecule has 0 unspecified atom stereocenters. The fourth-order valence-corrected chi connectivity index (χ4v) is 0.454. The number of rotatable bonds is 2. The van der Waals surface area contributed by atoms with Crippen molar-refractivity contribution >= 4 is 0 Å². The third-order valence-electron chi connectivity index (χ3n) is 0.934. The summed E-state index contributed by atoms with van der Waals surface area (Å²) in [5.74, 6) is 0. The van der Waals surface area contributed by atoms with Gasteiger partial charge in [0.1, 0.15) is 0 Å². The summed E-state index contributed by atoms with van der Waals surface area (Å²) in [6.45, 7) is 3.98. The third kappa shape index (κ3) is 2.59. The van der Waals surface area contributed by atoms with Gasteiger partial charge in [0.15, 0.2) is 0 Å². The molecule has 1 N–H and O–H groups in total. The van der Waals surface area contributed by atoms with Crippen LogP contribution in [0.5, 0.6) is 0 Å². The van der Waals surface area contributed by atoms with Crippen LogP contribution in [0.25, 0.3) is 0 Å². The minimum absolute atomic E-state index is 0.140. The smallest absolute Gasteiger partial charge is 0.0678 e. The van der Waals surface area contributed by atoms with Crippen molar-refractivity contribution in [2.24, 2.45) is 0 Å². The Labute approximate surface area is 50.3 Å². The van der Waals surface area contributed by atoms with E-state index in [-0.39, 0.29) is 6.61 Å². The second kappa shape index (κ2) is 4.60. The summed E-state index contributed by atoms with van der Waals surface area (Å²) in [4.78, 5) is 0. The molecule has 0 bridgehead atoms. The van der Waals surface area contributed by atoms with Crippen molar-refractivity contribution in [3.05, 3.63) is 23.8 Å². The predicted octanol–water partition coefficient (Wildman–Crippen LogP) is 1.50. The highest BCUT2D eigenvalue weighted by molar-refractivity contribution is 5.16. The number of aliphatic hydroxyl groups excluding tert-OH is 1. The number of hydrogen-bond acceptors (Lipinski definition) is 1. The van der Waals surface area contributed by atoms with Crippen molar-refractivity contribution in [3.8, 4) is 0 Å². The summed E-state index contributed by atoms with van der Waals surface area (Å²) >= 11 is 0. The molecule has 0 aromatic carbocycles. The average Bonchev–Trinajstić information content (AvgIpc) is 1.83. The Morgan fingerprint density at radius 1 is 1.50 bits per heavy atom. The third-order valence-corrected chi connectivity index (χ3v) is 0.934. The van der Waals surface area contributed by atoms with E-state index in [0.29, 0.717) is 0 Å². The highest BCUT2D eigenvalue weighted by Gasteiger charge is 1.80. The molecule has 0 radical (unpaired) electrons. The van der Waals surface area contributed by atoms with Gasteiger partial charge in [0, 0.05) is 0 Å². The predicted molar refractivity (Wildman–Crippen MR) is 35.7 cm³/mol. The molecular weight excluding hydrogens is 100 g/mol. The molecule has 0 saturated heterocycles. The Hall–Kier alpha value is -0.560. The van der Waals surface area contributed by atoms with Gasteiger partial charge < -0.3 is 5.11 Å². The van der Waals surface area contributed by atoms with Crippen LogP contribution in [0.3, 0.4) is 0 Å². The molecule has 46 valence electrons. The van der Waals surface area contributed by atoms with Crippen LogP contribution in [0, 0.1) is 0 Å². The molecule has 0 rings (SSSR count). The lowest BCUT2D eigenvalue weighted by atomic mass is 10.2. The maximum atomic E-state index is 8.54. The van der Waals surface area contributed by atoms with Crippen LogP contribution in [0.2, 0.25) is 0 Å². The molecule has 0 spiro atoms. The highest BCUT2D eigenvalue weighted by atomic mass is 16.3. The Balaban J connectivity index is 3.72. The first kappa shape index (κ1) is 7.44. The van der Waals surface area contributed by atoms with E-state index < -0.39 is 0 Å². The van der Waals surface area contributed by atoms with Gasteiger partial charge in [-0.25, -0.2) is 0 Å². The summed E-state index contributed by atoms with van der Waals surface area (Å²) in [6, 6.07) is 0. The van der Waals surface area contributed by atoms with Gasteiger partial charge in [0.05, 0.1) is 6.61 Å². The normalized spacial score (nSPS) is 13.1. The lowest BCUT2D eigenvalue weighted by Crippen LogP contribution is -1.82. The first-order valence-corrected chi connectivity index (χ1v) is 2.74. The summed E-state index contributed by atoms with van der Waals surface area (Å²) in [6.07, 6.45) is 5.69. The molecule has 8 heavy (non-hydrogen) atoms. The highest BCUT2D eigenvalue weighted by Crippen LogP contribution is 1.92. The van der Waals surface area contributed by atoms with Crippen LogP contribution >= 0.6 is 0 Å². The van der Waals surface area contributed by atoms with Crippen molar-refractivity contribution in [1.29, 1.82) is 0 Å². The van der Waals surface area contributed by atoms with Crippen molar-refractivity contribution < 1.29 is 5.11 Å². The Kier molecular flexibility index (Phi) is 4.27. The monoisotopic (exact) mass is 112 g/mol. The summed E-state index contributed by atoms with van der Waals surface area (Å²) in [5, 5.41) is 8.54. The molecule has 0 aliphatic heterocycles. The summed E-state index contributed by atoms with van der Waals surface area (Å²) < 4.78 is 0. The molecule has 1 heteroatoms. The maximum absolute atomic E-state index is 8.54. The maximum Gasteiger partial charge on any atom is 0.0678 e. The number of hydrogen-bond donors (Lipinski definition) is 1. The largest absolute Gasteiger partial charge is 0.392 e. The van der Waals surface area contributed by atoms with Crippen LogP contribution in [-0.2, 0) is 0 Å². The standard InChI is InChI=1S/C7H12O/c1-3-5-7(4-2)6-8/h3-5,8H,6H2,1-2H3. The van der Waals surface area contributed by atoms with Crippen LogP contribution in [0.4, 0.5) is 0 Å². The van der Waals surface area contributed by atoms with Crippen LogP contribution < -0.4 is 0 Å². The fraction of sp³-hybridized carbons (Fsp3) is 0.429. The Morgan fingerprint density at radius 3 is 2.25 bits per heavy atom. The molecule has 0 saturated carbocycles. The lowest BCUT2D eigenvalue weighted by Gasteiger charge is -1.89. The molecule has 0 aromatic rings. The van der Waals surface area contributed by atoms with E-state index in [1.54, 1.807) is 0 Å². The van der Waals surface area contributed by atoms with Crippen molar-refractivity contribution in [3.63, 3.8) is 0 Å². The fourth-order valence-electron chi connectivity index (χ4n) is 0.454. The van der Waals surface area contributed by atoms with Gasteiger partial charge in [-0.15, -0.1) is 0 Å². The minimum atomic E-state index is 0.140. The zero-order chi connectivity index (χ0) is 6.41. The zero-order valence-electron chi connectivity index (χ0n) is 5.39. The van der Waals surface area contributed by atoms with E-state index >= 15 is 0 Å². The lowest BCUT2D eigenvalue weighted by molar-refractivity contribution is 0.335. The number of aliphatic hydroxyl groups is 1. The second-order valence-electron chi connectivity index (χ2n) is 1.52. The molecule has 0 heterocycles. The topological polar surface area (TPSA) is 20.2 Å². The van der Waals surface area contributed by atoms with Gasteiger partial charge >= 0.3 is 0 Å². The molecule has 0 aromatic heterocycles. The van der Waals surface area contributed by atoms with E-state index in [1.807, 2.05) is 32.1 Å². The van der Waals surface area contributed by atoms with Gasteiger partial charge in [-0.1, -0.05) is 18.2 Å². The molecule has 0 aliphatic rings. The Bertz CT molecular complexity index is 98.2. The Morgan fingerprint density at radius 2 is 2.12 bits per heavy atom. The van der Waals surface area contributed by atoms with Crippen LogP contribution in [-0.4, -0.2) is 11.7 Å². The van der Waals surface area contributed by atoms with Crippen molar-refractivity contribution in [2.75, 3.05) is 6.61 Å². The molecule has 0 fully saturated rings. The van der Waals surface area contributed by atoms with E-state index in [1.165, 1.54) is 0 Å². The SMILES string of the molecule is CC=CC(=CC)CO. The van der Waals surface area contributed by atoms with Crippen molar-refractivity contribution in [2.45, 2.75) is 13.8 Å². The first-order chi connectivity index (χ1) is 3.85. The van der Waals surface area contributed by atoms with Crippen molar-refractivity contribution in [1.82, 2.24) is 0 Å². The molecule has 1 nitrogen and oxygen atoms in total. The average molecular weight is 112 g/mol. The van der Waals surface area contributed by atoms with Gasteiger partial charge in [-0.05, 0) is 19.4 Å². The van der Waals surface area contributed by atoms with Gasteiger partial charge in [-0.3, -0.25) is 0 Å². The molecule has 0 amide bonds. The summed E-state index contributed by atoms with van der Waals surface area (Å²) in [7, 11) is 0. The molecule has 0 atom stereocenters. The zero-order valence-corrected chi connectivity index (χ0v) is 5.39. The minimum Gasteiger partial charge on any atom is -0.392 e. The molecular formula is C7H12O. The van der Waals surface area contributed by atoms with Crippen LogP contribution in [0.15, 0.2) is 23.8 Å². The van der Waals surface area contributed by atoms with Gasteiger partial charge in [0.2, 0.25) is 0 Å². The van der Waals surface area contributed by atoms with E-state index in [2.05, 4.69) is 0 Å². The van der Waals surface area contributed by atoms with E-state index in [4.69, 9.17) is 5.11 Å². The van der Waals surface area contributed by atoms with Gasteiger partial charge in [-0.2, -0.15) is 0 Å².